The quantitative estimate of drug-likeness (QED) is 0.0489. The van der Waals surface area contributed by atoms with E-state index in [4.69, 9.17) is 4.74 Å². The molecule has 0 bridgehead atoms. The Kier molecular flexibility index (Phi) is 23.3. The van der Waals surface area contributed by atoms with Gasteiger partial charge in [0.25, 0.3) is 5.91 Å². The number of esters is 1. The number of rotatable bonds is 27. The number of carboxylic acids is 1. The lowest BCUT2D eigenvalue weighted by atomic mass is 9.83. The van der Waals surface area contributed by atoms with Crippen LogP contribution in [0.15, 0.2) is 30.3 Å². The van der Waals surface area contributed by atoms with E-state index in [0.29, 0.717) is 25.7 Å². The van der Waals surface area contributed by atoms with E-state index in [9.17, 15) is 53.1 Å². The van der Waals surface area contributed by atoms with Crippen LogP contribution in [0.5, 0.6) is 0 Å². The van der Waals surface area contributed by atoms with Crippen LogP contribution in [0, 0.1) is 11.8 Å². The van der Waals surface area contributed by atoms with E-state index in [1.54, 1.807) is 27.7 Å². The Morgan fingerprint density at radius 2 is 1.37 bits per heavy atom. The molecule has 1 aliphatic heterocycles. The van der Waals surface area contributed by atoms with Gasteiger partial charge in [0.05, 0.1) is 12.6 Å². The third kappa shape index (κ3) is 17.8. The van der Waals surface area contributed by atoms with Gasteiger partial charge in [-0.05, 0) is 69.3 Å². The van der Waals surface area contributed by atoms with E-state index < -0.39 is 114 Å². The SMILES string of the molecule is CCCOC(=O)CNC(=O)C(=O)C(CCC)NC(=O)C1CC(c2ccccc2)CN1C(=O)C(NC(=O)C(NC(=O)C(CCC(C)=O)NC(=O)C(CCC(=O)O)NC(C)=O)C(C)C)C1CCCCC1. The predicted molar refractivity (Wildman–Crippen MR) is 247 cm³/mol. The fourth-order valence-electron chi connectivity index (χ4n) is 8.51. The molecule has 1 saturated carbocycles. The third-order valence-electron chi connectivity index (χ3n) is 12.1. The van der Waals surface area contributed by atoms with Crippen molar-refractivity contribution in [3.8, 4) is 0 Å². The first-order chi connectivity index (χ1) is 32.3. The first kappa shape index (κ1) is 56.1. The van der Waals surface area contributed by atoms with Gasteiger partial charge in [-0.1, -0.05) is 83.7 Å². The molecule has 1 aliphatic carbocycles. The molecule has 7 N–H and O–H groups in total. The molecule has 2 fully saturated rings. The second-order valence-electron chi connectivity index (χ2n) is 18.1. The van der Waals surface area contributed by atoms with Crippen LogP contribution in [-0.2, 0) is 57.5 Å². The van der Waals surface area contributed by atoms with Crippen LogP contribution in [0.25, 0.3) is 0 Å². The second-order valence-corrected chi connectivity index (χ2v) is 18.1. The maximum Gasteiger partial charge on any atom is 0.325 e. The van der Waals surface area contributed by atoms with Gasteiger partial charge < -0.3 is 51.4 Å². The summed E-state index contributed by atoms with van der Waals surface area (Å²) in [5.74, 6) is -9.80. The summed E-state index contributed by atoms with van der Waals surface area (Å²) in [6.07, 6.45) is 3.75. The van der Waals surface area contributed by atoms with Gasteiger partial charge >= 0.3 is 11.9 Å². The minimum Gasteiger partial charge on any atom is -0.481 e. The normalized spacial score (nSPS) is 18.1. The first-order valence-electron chi connectivity index (χ1n) is 23.8. The number of ketones is 2. The standard InChI is InChI=1S/C48H71N7O13/c1-7-15-34(42(61)47(66)49-26-39(60)68-24-8-2)51-45(64)37-25-33(31-16-11-9-12-17-31)27-55(37)48(67)41(32-18-13-10-14-19-32)54-46(65)40(28(3)4)53-44(63)36(21-20-29(5)56)52-43(62)35(50-30(6)57)22-23-38(58)59/h9,11-12,16-17,28,32-37,40-41H,7-8,10,13-15,18-27H2,1-6H3,(H,49,66)(H,50,57)(H,51,64)(H,52,62)(H,53,63)(H,54,65)(H,58,59). The predicted octanol–water partition coefficient (Wildman–Crippen LogP) is 1.72. The highest BCUT2D eigenvalue weighted by molar-refractivity contribution is 6.38. The van der Waals surface area contributed by atoms with Crippen molar-refractivity contribution in [2.75, 3.05) is 19.7 Å². The lowest BCUT2D eigenvalue weighted by Crippen LogP contribution is -2.61. The summed E-state index contributed by atoms with van der Waals surface area (Å²) in [4.78, 5) is 146. The highest BCUT2D eigenvalue weighted by Crippen LogP contribution is 2.35. The highest BCUT2D eigenvalue weighted by atomic mass is 16.5. The smallest absolute Gasteiger partial charge is 0.325 e. The largest absolute Gasteiger partial charge is 0.481 e. The summed E-state index contributed by atoms with van der Waals surface area (Å²) < 4.78 is 4.97. The van der Waals surface area contributed by atoms with Crippen molar-refractivity contribution in [2.24, 2.45) is 11.8 Å². The van der Waals surface area contributed by atoms with Crippen LogP contribution < -0.4 is 31.9 Å². The number of ether oxygens (including phenoxy) is 1. The molecule has 0 aromatic heterocycles. The number of hydrogen-bond acceptors (Lipinski definition) is 12. The molecule has 2 aliphatic rings. The molecule has 1 aromatic rings. The molecule has 0 spiro atoms. The Labute approximate surface area is 397 Å². The summed E-state index contributed by atoms with van der Waals surface area (Å²) in [7, 11) is 0. The van der Waals surface area contributed by atoms with Gasteiger partial charge in [-0.3, -0.25) is 47.9 Å². The number of carboxylic acid groups (broad SMARTS) is 1. The zero-order valence-corrected chi connectivity index (χ0v) is 40.2. The summed E-state index contributed by atoms with van der Waals surface area (Å²) in [5.41, 5.74) is 0.855. The van der Waals surface area contributed by atoms with Crippen molar-refractivity contribution >= 4 is 64.9 Å². The van der Waals surface area contributed by atoms with Crippen molar-refractivity contribution in [2.45, 2.75) is 167 Å². The average Bonchev–Trinajstić information content (AvgIpc) is 3.76. The number of aliphatic carboxylic acids is 1. The maximum absolute atomic E-state index is 15.1. The van der Waals surface area contributed by atoms with Gasteiger partial charge in [-0.25, -0.2) is 0 Å². The molecule has 7 atom stereocenters. The van der Waals surface area contributed by atoms with E-state index >= 15 is 4.79 Å². The van der Waals surface area contributed by atoms with Crippen molar-refractivity contribution in [3.63, 3.8) is 0 Å². The van der Waals surface area contributed by atoms with E-state index in [1.807, 2.05) is 30.3 Å². The summed E-state index contributed by atoms with van der Waals surface area (Å²) in [5, 5.41) is 24.7. The third-order valence-corrected chi connectivity index (χ3v) is 12.1. The van der Waals surface area contributed by atoms with Gasteiger partial charge in [-0.2, -0.15) is 0 Å². The van der Waals surface area contributed by atoms with Gasteiger partial charge in [0.1, 0.15) is 42.5 Å². The number of carbonyl (C=O) groups is 11. The number of hydrogen-bond donors (Lipinski definition) is 7. The fraction of sp³-hybridized carbons (Fsp3) is 0.646. The Balaban J connectivity index is 1.94. The molecule has 1 saturated heterocycles. The Bertz CT molecular complexity index is 1960. The number of nitrogens with zero attached hydrogens (tertiary/aromatic N) is 1. The van der Waals surface area contributed by atoms with Crippen LogP contribution in [0.3, 0.4) is 0 Å². The Hall–Kier alpha value is -6.21. The number of amides is 7. The minimum absolute atomic E-state index is 0.0839. The van der Waals surface area contributed by atoms with Gasteiger partial charge in [0.15, 0.2) is 0 Å². The van der Waals surface area contributed by atoms with E-state index in [0.717, 1.165) is 31.7 Å². The molecule has 68 heavy (non-hydrogen) atoms. The number of Topliss-reactive ketones (excluding diaryl/α,β-unsaturated/α-hetero) is 2. The molecular weight excluding hydrogens is 883 g/mol. The van der Waals surface area contributed by atoms with Gasteiger partial charge in [0, 0.05) is 32.2 Å². The number of likely N-dealkylation sites (tertiary alicyclic amines) is 1. The van der Waals surface area contributed by atoms with Crippen LogP contribution in [0.1, 0.15) is 136 Å². The zero-order chi connectivity index (χ0) is 50.5. The second kappa shape index (κ2) is 28.2. The zero-order valence-electron chi connectivity index (χ0n) is 40.2. The highest BCUT2D eigenvalue weighted by Gasteiger charge is 2.46. The topological polar surface area (TPSA) is 293 Å². The van der Waals surface area contributed by atoms with E-state index in [-0.39, 0.29) is 62.9 Å². The Morgan fingerprint density at radius 3 is 1.96 bits per heavy atom. The number of benzene rings is 1. The molecular formula is C48H71N7O13. The van der Waals surface area contributed by atoms with Crippen LogP contribution in [0.4, 0.5) is 0 Å². The van der Waals surface area contributed by atoms with E-state index in [2.05, 4.69) is 31.9 Å². The van der Waals surface area contributed by atoms with Crippen molar-refractivity contribution in [1.29, 1.82) is 0 Å². The minimum atomic E-state index is -1.38. The van der Waals surface area contributed by atoms with Crippen molar-refractivity contribution in [1.82, 2.24) is 36.8 Å². The van der Waals surface area contributed by atoms with E-state index in [1.165, 1.54) is 11.8 Å². The molecule has 7 amide bonds. The maximum atomic E-state index is 15.1. The van der Waals surface area contributed by atoms with Crippen molar-refractivity contribution < 1.29 is 62.6 Å². The van der Waals surface area contributed by atoms with Crippen LogP contribution >= 0.6 is 0 Å². The molecule has 20 nitrogen and oxygen atoms in total. The molecule has 3 rings (SSSR count). The average molecular weight is 954 g/mol. The number of nitrogens with one attached hydrogen (secondary N) is 6. The number of carbonyl (C=O) groups excluding carboxylic acids is 10. The van der Waals surface area contributed by atoms with Crippen LogP contribution in [0.2, 0.25) is 0 Å². The monoisotopic (exact) mass is 954 g/mol. The molecule has 1 heterocycles. The lowest BCUT2D eigenvalue weighted by Gasteiger charge is -2.36. The molecule has 376 valence electrons. The summed E-state index contributed by atoms with van der Waals surface area (Å²) >= 11 is 0. The fourth-order valence-corrected chi connectivity index (χ4v) is 8.51. The van der Waals surface area contributed by atoms with Crippen molar-refractivity contribution in [3.05, 3.63) is 35.9 Å². The first-order valence-corrected chi connectivity index (χ1v) is 23.8. The molecule has 1 aromatic carbocycles. The molecule has 20 heteroatoms. The molecule has 0 radical (unpaired) electrons. The lowest BCUT2D eigenvalue weighted by molar-refractivity contribution is -0.146. The Morgan fingerprint density at radius 1 is 0.735 bits per heavy atom. The molecule has 7 unspecified atom stereocenters. The van der Waals surface area contributed by atoms with Gasteiger partial charge in [0.2, 0.25) is 41.2 Å². The van der Waals surface area contributed by atoms with Gasteiger partial charge in [-0.15, -0.1) is 0 Å². The summed E-state index contributed by atoms with van der Waals surface area (Å²) in [6, 6.07) is 1.75. The summed E-state index contributed by atoms with van der Waals surface area (Å²) in [6.45, 7) is 9.04. The van der Waals surface area contributed by atoms with Crippen LogP contribution in [-0.4, -0.2) is 131 Å².